The summed E-state index contributed by atoms with van der Waals surface area (Å²) in [6, 6.07) is 13.1. The lowest BCUT2D eigenvalue weighted by molar-refractivity contribution is -0.121. The smallest absolute Gasteiger partial charge is 0.220 e. The van der Waals surface area contributed by atoms with Crippen molar-refractivity contribution in [2.24, 2.45) is 0 Å². The van der Waals surface area contributed by atoms with Gasteiger partial charge >= 0.3 is 0 Å². The Balaban J connectivity index is 1.93. The van der Waals surface area contributed by atoms with Crippen molar-refractivity contribution in [2.45, 2.75) is 72.8 Å². The first-order valence-corrected chi connectivity index (χ1v) is 9.54. The fourth-order valence-corrected chi connectivity index (χ4v) is 3.27. The minimum Gasteiger partial charge on any atom is -0.350 e. The quantitative estimate of drug-likeness (QED) is 0.733. The van der Waals surface area contributed by atoms with Crippen LogP contribution in [0.2, 0.25) is 0 Å². The lowest BCUT2D eigenvalue weighted by Crippen LogP contribution is -2.27. The van der Waals surface area contributed by atoms with E-state index in [9.17, 15) is 4.79 Å². The van der Waals surface area contributed by atoms with E-state index < -0.39 is 0 Å². The van der Waals surface area contributed by atoms with Crippen molar-refractivity contribution in [2.75, 3.05) is 0 Å². The lowest BCUT2D eigenvalue weighted by atomic mass is 9.86. The van der Waals surface area contributed by atoms with Gasteiger partial charge < -0.3 is 5.32 Å². The van der Waals surface area contributed by atoms with Gasteiger partial charge in [-0.1, -0.05) is 57.2 Å². The van der Waals surface area contributed by atoms with Crippen LogP contribution in [0, 0.1) is 20.8 Å². The van der Waals surface area contributed by atoms with Gasteiger partial charge in [0.05, 0.1) is 6.04 Å². The molecule has 0 aliphatic carbocycles. The Morgan fingerprint density at radius 3 is 2.12 bits per heavy atom. The Morgan fingerprint density at radius 1 is 0.962 bits per heavy atom. The van der Waals surface area contributed by atoms with Crippen molar-refractivity contribution in [3.8, 4) is 0 Å². The number of nitrogens with one attached hydrogen (secondary N) is 1. The normalized spacial score (nSPS) is 12.7. The van der Waals surface area contributed by atoms with Crippen LogP contribution in [-0.2, 0) is 16.6 Å². The summed E-state index contributed by atoms with van der Waals surface area (Å²) in [6.45, 7) is 15.1. The average Bonchev–Trinajstić information content (AvgIpc) is 2.55. The maximum absolute atomic E-state index is 12.4. The summed E-state index contributed by atoms with van der Waals surface area (Å²) < 4.78 is 0. The molecule has 0 aromatic heterocycles. The Morgan fingerprint density at radius 2 is 1.54 bits per heavy atom. The molecule has 0 saturated heterocycles. The van der Waals surface area contributed by atoms with Crippen LogP contribution in [0.15, 0.2) is 36.4 Å². The highest BCUT2D eigenvalue weighted by Crippen LogP contribution is 2.23. The summed E-state index contributed by atoms with van der Waals surface area (Å²) in [5.74, 6) is 0.107. The fraction of sp³-hybridized carbons (Fsp3) is 0.458. The molecular weight excluding hydrogens is 318 g/mol. The number of carbonyl (C=O) groups is 1. The van der Waals surface area contributed by atoms with Gasteiger partial charge in [0.2, 0.25) is 5.91 Å². The molecule has 1 amide bonds. The third-order valence-corrected chi connectivity index (χ3v) is 5.19. The molecule has 0 spiro atoms. The van der Waals surface area contributed by atoms with Crippen LogP contribution in [0.1, 0.15) is 73.5 Å². The van der Waals surface area contributed by atoms with Crippen LogP contribution in [0.3, 0.4) is 0 Å². The topological polar surface area (TPSA) is 29.1 Å². The first-order chi connectivity index (χ1) is 12.1. The zero-order chi connectivity index (χ0) is 19.5. The first-order valence-electron chi connectivity index (χ1n) is 9.54. The standard InChI is InChI=1S/C24H33NO/c1-16-14-18(3)22(15-17(16)2)19(4)25-23(26)13-10-20-8-11-21(12-9-20)24(5,6)7/h8-9,11-12,14-15,19H,10,13H2,1-7H3,(H,25,26). The van der Waals surface area contributed by atoms with Gasteiger partial charge in [-0.05, 0) is 72.9 Å². The van der Waals surface area contributed by atoms with Crippen LogP contribution < -0.4 is 5.32 Å². The second kappa shape index (κ2) is 8.07. The highest BCUT2D eigenvalue weighted by molar-refractivity contribution is 5.76. The average molecular weight is 352 g/mol. The maximum Gasteiger partial charge on any atom is 0.220 e. The zero-order valence-electron chi connectivity index (χ0n) is 17.4. The monoisotopic (exact) mass is 351 g/mol. The molecule has 140 valence electrons. The minimum atomic E-state index is 0.0325. The molecule has 0 radical (unpaired) electrons. The molecule has 2 aromatic rings. The summed E-state index contributed by atoms with van der Waals surface area (Å²) in [5, 5.41) is 3.15. The summed E-state index contributed by atoms with van der Waals surface area (Å²) in [7, 11) is 0. The van der Waals surface area contributed by atoms with Gasteiger partial charge in [0, 0.05) is 6.42 Å². The Bertz CT molecular complexity index is 766. The van der Waals surface area contributed by atoms with E-state index in [-0.39, 0.29) is 17.4 Å². The summed E-state index contributed by atoms with van der Waals surface area (Å²) >= 11 is 0. The van der Waals surface area contributed by atoms with Gasteiger partial charge in [-0.25, -0.2) is 0 Å². The largest absolute Gasteiger partial charge is 0.350 e. The molecule has 1 N–H and O–H groups in total. The van der Waals surface area contributed by atoms with E-state index in [4.69, 9.17) is 0 Å². The Kier molecular flexibility index (Phi) is 6.28. The molecule has 0 aliphatic rings. The van der Waals surface area contributed by atoms with Gasteiger partial charge in [0.1, 0.15) is 0 Å². The highest BCUT2D eigenvalue weighted by atomic mass is 16.1. The van der Waals surface area contributed by atoms with E-state index in [1.54, 1.807) is 0 Å². The predicted molar refractivity (Wildman–Crippen MR) is 111 cm³/mol. The highest BCUT2D eigenvalue weighted by Gasteiger charge is 2.14. The van der Waals surface area contributed by atoms with Crippen molar-refractivity contribution in [3.63, 3.8) is 0 Å². The number of amides is 1. The Labute approximate surface area is 159 Å². The molecule has 2 nitrogen and oxygen atoms in total. The second-order valence-electron chi connectivity index (χ2n) is 8.53. The molecular formula is C24H33NO. The number of aryl methyl sites for hydroxylation is 4. The van der Waals surface area contributed by atoms with Gasteiger partial charge in [0.15, 0.2) is 0 Å². The molecule has 1 unspecified atom stereocenters. The number of hydrogen-bond acceptors (Lipinski definition) is 1. The van der Waals surface area contributed by atoms with E-state index in [0.29, 0.717) is 6.42 Å². The van der Waals surface area contributed by atoms with E-state index >= 15 is 0 Å². The minimum absolute atomic E-state index is 0.0325. The summed E-state index contributed by atoms with van der Waals surface area (Å²) in [5.41, 5.74) is 7.70. The zero-order valence-corrected chi connectivity index (χ0v) is 17.4. The van der Waals surface area contributed by atoms with E-state index in [2.05, 4.69) is 90.2 Å². The third kappa shape index (κ3) is 5.20. The molecule has 0 saturated carbocycles. The molecule has 2 aromatic carbocycles. The lowest BCUT2D eigenvalue weighted by Gasteiger charge is -2.19. The van der Waals surface area contributed by atoms with E-state index in [1.807, 2.05) is 0 Å². The van der Waals surface area contributed by atoms with Crippen LogP contribution in [0.4, 0.5) is 0 Å². The van der Waals surface area contributed by atoms with Crippen molar-refractivity contribution in [1.82, 2.24) is 5.32 Å². The molecule has 0 fully saturated rings. The summed E-state index contributed by atoms with van der Waals surface area (Å²) in [4.78, 5) is 12.4. The summed E-state index contributed by atoms with van der Waals surface area (Å²) in [6.07, 6.45) is 1.29. The number of rotatable bonds is 5. The van der Waals surface area contributed by atoms with E-state index in [1.165, 1.54) is 33.4 Å². The van der Waals surface area contributed by atoms with Crippen LogP contribution in [0.25, 0.3) is 0 Å². The molecule has 0 aliphatic heterocycles. The van der Waals surface area contributed by atoms with Gasteiger partial charge in [-0.2, -0.15) is 0 Å². The molecule has 0 heterocycles. The first kappa shape index (κ1) is 20.2. The molecule has 26 heavy (non-hydrogen) atoms. The van der Waals surface area contributed by atoms with Crippen molar-refractivity contribution < 1.29 is 4.79 Å². The predicted octanol–water partition coefficient (Wildman–Crippen LogP) is 5.72. The van der Waals surface area contributed by atoms with Crippen LogP contribution in [0.5, 0.6) is 0 Å². The van der Waals surface area contributed by atoms with Crippen molar-refractivity contribution in [1.29, 1.82) is 0 Å². The maximum atomic E-state index is 12.4. The fourth-order valence-electron chi connectivity index (χ4n) is 3.27. The second-order valence-corrected chi connectivity index (χ2v) is 8.53. The van der Waals surface area contributed by atoms with Crippen LogP contribution >= 0.6 is 0 Å². The molecule has 2 rings (SSSR count). The van der Waals surface area contributed by atoms with E-state index in [0.717, 1.165) is 6.42 Å². The van der Waals surface area contributed by atoms with Gasteiger partial charge in [-0.3, -0.25) is 4.79 Å². The molecule has 1 atom stereocenters. The van der Waals surface area contributed by atoms with Crippen molar-refractivity contribution >= 4 is 5.91 Å². The van der Waals surface area contributed by atoms with Gasteiger partial charge in [-0.15, -0.1) is 0 Å². The van der Waals surface area contributed by atoms with Gasteiger partial charge in [0.25, 0.3) is 0 Å². The van der Waals surface area contributed by atoms with Crippen LogP contribution in [-0.4, -0.2) is 5.91 Å². The SMILES string of the molecule is Cc1cc(C)c(C(C)NC(=O)CCc2ccc(C(C)(C)C)cc2)cc1C. The molecule has 0 bridgehead atoms. The number of carbonyl (C=O) groups excluding carboxylic acids is 1. The Hall–Kier alpha value is -2.09. The van der Waals surface area contributed by atoms with Crippen molar-refractivity contribution in [3.05, 3.63) is 69.8 Å². The number of benzene rings is 2. The number of hydrogen-bond donors (Lipinski definition) is 1. The molecule has 2 heteroatoms. The third-order valence-electron chi connectivity index (χ3n) is 5.19.